The monoisotopic (exact) mass is 309 g/mol. The standard InChI is InChI=1S/C16H17F2NO3/c17-9-4-5-10(13(18)7-9)11-8-12(11)15(20)19-6-2-1-3-14(19)16(21)22/h4-5,7,11-12,14H,1-3,6,8H2,(H,21,22)/t11-,12-,14-/m1/s1. The Balaban J connectivity index is 1.73. The molecule has 1 aliphatic heterocycles. The van der Waals surface area contributed by atoms with Crippen LogP contribution in [0.4, 0.5) is 8.78 Å². The smallest absolute Gasteiger partial charge is 0.326 e. The maximum absolute atomic E-state index is 13.8. The third kappa shape index (κ3) is 2.69. The van der Waals surface area contributed by atoms with Crippen LogP contribution in [0.15, 0.2) is 18.2 Å². The molecule has 1 aromatic rings. The van der Waals surface area contributed by atoms with Gasteiger partial charge in [-0.1, -0.05) is 6.07 Å². The van der Waals surface area contributed by atoms with Crippen molar-refractivity contribution < 1.29 is 23.5 Å². The fraction of sp³-hybridized carbons (Fsp3) is 0.500. The van der Waals surface area contributed by atoms with Gasteiger partial charge >= 0.3 is 5.97 Å². The maximum atomic E-state index is 13.8. The second-order valence-electron chi connectivity index (χ2n) is 6.00. The van der Waals surface area contributed by atoms with Gasteiger partial charge in [0, 0.05) is 18.5 Å². The second kappa shape index (κ2) is 5.66. The van der Waals surface area contributed by atoms with Gasteiger partial charge in [-0.2, -0.15) is 0 Å². The quantitative estimate of drug-likeness (QED) is 0.933. The van der Waals surface area contributed by atoms with Gasteiger partial charge in [0.25, 0.3) is 0 Å². The van der Waals surface area contributed by atoms with Crippen molar-refractivity contribution in [1.82, 2.24) is 4.90 Å². The summed E-state index contributed by atoms with van der Waals surface area (Å²) in [7, 11) is 0. The summed E-state index contributed by atoms with van der Waals surface area (Å²) in [5, 5.41) is 9.22. The number of carboxylic acid groups (broad SMARTS) is 1. The first-order chi connectivity index (χ1) is 10.5. The van der Waals surface area contributed by atoms with Crippen LogP contribution < -0.4 is 0 Å². The van der Waals surface area contributed by atoms with Crippen LogP contribution in [0.5, 0.6) is 0 Å². The summed E-state index contributed by atoms with van der Waals surface area (Å²) in [6.45, 7) is 0.435. The first-order valence-electron chi connectivity index (χ1n) is 7.47. The molecular formula is C16H17F2NO3. The number of likely N-dealkylation sites (tertiary alicyclic amines) is 1. The molecule has 1 aliphatic carbocycles. The average molecular weight is 309 g/mol. The molecule has 2 fully saturated rings. The van der Waals surface area contributed by atoms with Gasteiger partial charge in [-0.05, 0) is 43.2 Å². The summed E-state index contributed by atoms with van der Waals surface area (Å²) in [4.78, 5) is 25.2. The highest BCUT2D eigenvalue weighted by molar-refractivity contribution is 5.87. The van der Waals surface area contributed by atoms with Crippen LogP contribution in [-0.2, 0) is 9.59 Å². The van der Waals surface area contributed by atoms with Crippen molar-refractivity contribution in [3.8, 4) is 0 Å². The molecule has 1 saturated heterocycles. The lowest BCUT2D eigenvalue weighted by Gasteiger charge is -2.33. The van der Waals surface area contributed by atoms with Crippen molar-refractivity contribution in [2.75, 3.05) is 6.54 Å². The summed E-state index contributed by atoms with van der Waals surface area (Å²) in [6, 6.07) is 2.59. The van der Waals surface area contributed by atoms with Gasteiger partial charge in [0.05, 0.1) is 0 Å². The number of nitrogens with zero attached hydrogens (tertiary/aromatic N) is 1. The normalized spacial score (nSPS) is 27.5. The lowest BCUT2D eigenvalue weighted by atomic mass is 10.0. The molecule has 1 N–H and O–H groups in total. The Morgan fingerprint density at radius 3 is 2.68 bits per heavy atom. The maximum Gasteiger partial charge on any atom is 0.326 e. The minimum absolute atomic E-state index is 0.221. The molecule has 3 atom stereocenters. The molecule has 1 amide bonds. The number of hydrogen-bond acceptors (Lipinski definition) is 2. The summed E-state index contributed by atoms with van der Waals surface area (Å²) >= 11 is 0. The zero-order chi connectivity index (χ0) is 15.9. The Morgan fingerprint density at radius 2 is 2.00 bits per heavy atom. The number of carbonyl (C=O) groups is 2. The number of halogens is 2. The zero-order valence-corrected chi connectivity index (χ0v) is 12.0. The van der Waals surface area contributed by atoms with Gasteiger partial charge in [0.15, 0.2) is 0 Å². The van der Waals surface area contributed by atoms with Crippen LogP contribution >= 0.6 is 0 Å². The number of carbonyl (C=O) groups excluding carboxylic acids is 1. The number of hydrogen-bond donors (Lipinski definition) is 1. The lowest BCUT2D eigenvalue weighted by molar-refractivity contribution is -0.152. The van der Waals surface area contributed by atoms with E-state index < -0.39 is 23.6 Å². The van der Waals surface area contributed by atoms with E-state index in [1.54, 1.807) is 0 Å². The predicted molar refractivity (Wildman–Crippen MR) is 74.2 cm³/mol. The summed E-state index contributed by atoms with van der Waals surface area (Å²) in [6.07, 6.45) is 2.53. The van der Waals surface area contributed by atoms with Gasteiger partial charge in [-0.3, -0.25) is 4.79 Å². The van der Waals surface area contributed by atoms with Crippen LogP contribution in [0.25, 0.3) is 0 Å². The van der Waals surface area contributed by atoms with Crippen LogP contribution in [0.1, 0.15) is 37.2 Å². The van der Waals surface area contributed by atoms with E-state index in [0.29, 0.717) is 24.9 Å². The summed E-state index contributed by atoms with van der Waals surface area (Å²) in [5.74, 6) is -3.16. The molecule has 22 heavy (non-hydrogen) atoms. The van der Waals surface area contributed by atoms with Crippen molar-refractivity contribution in [1.29, 1.82) is 0 Å². The summed E-state index contributed by atoms with van der Waals surface area (Å²) in [5.41, 5.74) is 0.337. The van der Waals surface area contributed by atoms with E-state index in [0.717, 1.165) is 18.9 Å². The van der Waals surface area contributed by atoms with E-state index in [2.05, 4.69) is 0 Å². The van der Waals surface area contributed by atoms with Crippen molar-refractivity contribution in [2.24, 2.45) is 5.92 Å². The number of piperidine rings is 1. The van der Waals surface area contributed by atoms with Gasteiger partial charge in [0.1, 0.15) is 17.7 Å². The molecule has 0 radical (unpaired) electrons. The highest BCUT2D eigenvalue weighted by Crippen LogP contribution is 2.49. The first-order valence-corrected chi connectivity index (χ1v) is 7.47. The Bertz CT molecular complexity index is 619. The van der Waals surface area contributed by atoms with Gasteiger partial charge in [0.2, 0.25) is 5.91 Å². The Kier molecular flexibility index (Phi) is 3.85. The van der Waals surface area contributed by atoms with E-state index >= 15 is 0 Å². The number of carboxylic acids is 1. The van der Waals surface area contributed by atoms with E-state index in [-0.39, 0.29) is 17.7 Å². The molecule has 118 valence electrons. The molecule has 2 aliphatic rings. The SMILES string of the molecule is O=C(O)[C@H]1CCCCN1C(=O)[C@@H]1C[C@@H]1c1ccc(F)cc1F. The number of benzene rings is 1. The fourth-order valence-corrected chi connectivity index (χ4v) is 3.28. The van der Waals surface area contributed by atoms with Crippen molar-refractivity contribution >= 4 is 11.9 Å². The molecule has 3 rings (SSSR count). The van der Waals surface area contributed by atoms with E-state index in [4.69, 9.17) is 0 Å². The minimum Gasteiger partial charge on any atom is -0.480 e. The zero-order valence-electron chi connectivity index (χ0n) is 12.0. The van der Waals surface area contributed by atoms with Crippen molar-refractivity contribution in [2.45, 2.75) is 37.6 Å². The first kappa shape index (κ1) is 14.9. The molecular weight excluding hydrogens is 292 g/mol. The fourth-order valence-electron chi connectivity index (χ4n) is 3.28. The highest BCUT2D eigenvalue weighted by Gasteiger charge is 2.49. The van der Waals surface area contributed by atoms with Crippen LogP contribution in [0.3, 0.4) is 0 Å². The van der Waals surface area contributed by atoms with Gasteiger partial charge in [-0.15, -0.1) is 0 Å². The number of rotatable bonds is 3. The van der Waals surface area contributed by atoms with Crippen molar-refractivity contribution in [3.05, 3.63) is 35.4 Å². The van der Waals surface area contributed by atoms with Crippen molar-refractivity contribution in [3.63, 3.8) is 0 Å². The highest BCUT2D eigenvalue weighted by atomic mass is 19.1. The van der Waals surface area contributed by atoms with Crippen LogP contribution in [0, 0.1) is 17.6 Å². The van der Waals surface area contributed by atoms with E-state index in [1.807, 2.05) is 0 Å². The molecule has 0 unspecified atom stereocenters. The van der Waals surface area contributed by atoms with E-state index in [1.165, 1.54) is 17.0 Å². The Morgan fingerprint density at radius 1 is 1.23 bits per heavy atom. The Hall–Kier alpha value is -1.98. The minimum atomic E-state index is -0.988. The van der Waals surface area contributed by atoms with Crippen LogP contribution in [-0.4, -0.2) is 34.5 Å². The molecule has 0 aromatic heterocycles. The second-order valence-corrected chi connectivity index (χ2v) is 6.00. The molecule has 0 bridgehead atoms. The molecule has 1 aromatic carbocycles. The van der Waals surface area contributed by atoms with Crippen LogP contribution in [0.2, 0.25) is 0 Å². The number of aliphatic carboxylic acids is 1. The molecule has 6 heteroatoms. The van der Waals surface area contributed by atoms with E-state index in [9.17, 15) is 23.5 Å². The molecule has 1 saturated carbocycles. The third-order valence-electron chi connectivity index (χ3n) is 4.54. The average Bonchev–Trinajstić information content (AvgIpc) is 3.26. The van der Waals surface area contributed by atoms with Gasteiger partial charge in [-0.25, -0.2) is 13.6 Å². The van der Waals surface area contributed by atoms with Gasteiger partial charge < -0.3 is 10.0 Å². The Labute approximate surface area is 126 Å². The molecule has 0 spiro atoms. The topological polar surface area (TPSA) is 57.6 Å². The lowest BCUT2D eigenvalue weighted by Crippen LogP contribution is -2.48. The summed E-state index contributed by atoms with van der Waals surface area (Å²) < 4.78 is 26.7. The number of amides is 1. The largest absolute Gasteiger partial charge is 0.480 e. The predicted octanol–water partition coefficient (Wildman–Crippen LogP) is 2.53. The molecule has 1 heterocycles. The molecule has 4 nitrogen and oxygen atoms in total. The third-order valence-corrected chi connectivity index (χ3v) is 4.54.